The van der Waals surface area contributed by atoms with E-state index >= 15 is 0 Å². The van der Waals surface area contributed by atoms with Gasteiger partial charge in [0.1, 0.15) is 5.15 Å². The molecular formula is C8H7BrClNO2. The first-order valence-electron chi connectivity index (χ1n) is 3.47. The van der Waals surface area contributed by atoms with Crippen LogP contribution in [0.3, 0.4) is 0 Å². The lowest BCUT2D eigenvalue weighted by molar-refractivity contribution is 0.0600. The maximum atomic E-state index is 11.1. The first-order valence-corrected chi connectivity index (χ1v) is 4.64. The highest BCUT2D eigenvalue weighted by Crippen LogP contribution is 2.22. The molecule has 70 valence electrons. The van der Waals surface area contributed by atoms with Crippen molar-refractivity contribution in [3.63, 3.8) is 0 Å². The number of carbonyl (C=O) groups excluding carboxylic acids is 1. The average Bonchev–Trinajstić information content (AvgIpc) is 2.10. The molecule has 1 aromatic rings. The molecule has 13 heavy (non-hydrogen) atoms. The highest BCUT2D eigenvalue weighted by atomic mass is 79.9. The van der Waals surface area contributed by atoms with Gasteiger partial charge in [-0.15, -0.1) is 0 Å². The van der Waals surface area contributed by atoms with Gasteiger partial charge >= 0.3 is 5.97 Å². The molecule has 1 aromatic heterocycles. The zero-order valence-corrected chi connectivity index (χ0v) is 9.44. The number of methoxy groups -OCH3 is 1. The zero-order chi connectivity index (χ0) is 10.0. The van der Waals surface area contributed by atoms with Gasteiger partial charge in [0.25, 0.3) is 0 Å². The number of rotatable bonds is 1. The van der Waals surface area contributed by atoms with E-state index in [1.54, 1.807) is 13.0 Å². The van der Waals surface area contributed by atoms with Crippen LogP contribution in [0.5, 0.6) is 0 Å². The number of ether oxygens (including phenoxy) is 1. The van der Waals surface area contributed by atoms with E-state index in [1.165, 1.54) is 7.11 Å². The fraction of sp³-hybridized carbons (Fsp3) is 0.250. The van der Waals surface area contributed by atoms with E-state index in [0.717, 1.165) is 10.2 Å². The second-order valence-electron chi connectivity index (χ2n) is 2.39. The highest BCUT2D eigenvalue weighted by Gasteiger charge is 2.13. The van der Waals surface area contributed by atoms with Gasteiger partial charge in [-0.1, -0.05) is 11.6 Å². The van der Waals surface area contributed by atoms with E-state index in [4.69, 9.17) is 11.6 Å². The molecule has 0 aliphatic carbocycles. The van der Waals surface area contributed by atoms with E-state index in [1.807, 2.05) is 0 Å². The fourth-order valence-electron chi connectivity index (χ4n) is 0.805. The minimum absolute atomic E-state index is 0.160. The molecule has 3 nitrogen and oxygen atoms in total. The number of esters is 1. The maximum Gasteiger partial charge on any atom is 0.341 e. The quantitative estimate of drug-likeness (QED) is 0.578. The summed E-state index contributed by atoms with van der Waals surface area (Å²) in [5, 5.41) is 0.160. The summed E-state index contributed by atoms with van der Waals surface area (Å²) >= 11 is 8.99. The Bertz CT molecular complexity index is 354. The number of halogens is 2. The largest absolute Gasteiger partial charge is 0.465 e. The van der Waals surface area contributed by atoms with E-state index in [0.29, 0.717) is 0 Å². The zero-order valence-electron chi connectivity index (χ0n) is 7.10. The summed E-state index contributed by atoms with van der Waals surface area (Å²) in [6, 6.07) is 1.59. The van der Waals surface area contributed by atoms with Crippen LogP contribution >= 0.6 is 27.5 Å². The molecule has 0 aliphatic heterocycles. The molecule has 0 spiro atoms. The molecule has 0 radical (unpaired) electrons. The van der Waals surface area contributed by atoms with Crippen molar-refractivity contribution >= 4 is 33.5 Å². The molecular weight excluding hydrogens is 257 g/mol. The van der Waals surface area contributed by atoms with Gasteiger partial charge in [-0.2, -0.15) is 0 Å². The third-order valence-corrected chi connectivity index (χ3v) is 2.60. The topological polar surface area (TPSA) is 39.2 Å². The molecule has 5 heteroatoms. The molecule has 0 amide bonds. The maximum absolute atomic E-state index is 11.1. The molecule has 0 bridgehead atoms. The van der Waals surface area contributed by atoms with Crippen molar-refractivity contribution in [2.24, 2.45) is 0 Å². The van der Waals surface area contributed by atoms with Crippen LogP contribution in [0.4, 0.5) is 0 Å². The summed E-state index contributed by atoms with van der Waals surface area (Å²) in [4.78, 5) is 15.1. The van der Waals surface area contributed by atoms with Crippen LogP contribution in [-0.2, 0) is 4.74 Å². The van der Waals surface area contributed by atoms with E-state index < -0.39 is 5.97 Å². The summed E-state index contributed by atoms with van der Waals surface area (Å²) in [7, 11) is 1.30. The van der Waals surface area contributed by atoms with Crippen molar-refractivity contribution in [2.45, 2.75) is 6.92 Å². The number of aryl methyl sites for hydroxylation is 1. The lowest BCUT2D eigenvalue weighted by Crippen LogP contribution is -2.04. The van der Waals surface area contributed by atoms with Gasteiger partial charge in [-0.05, 0) is 28.9 Å². The van der Waals surface area contributed by atoms with E-state index in [2.05, 4.69) is 25.7 Å². The third-order valence-electron chi connectivity index (χ3n) is 1.51. The van der Waals surface area contributed by atoms with Gasteiger partial charge in [0.05, 0.1) is 18.4 Å². The molecule has 0 N–H and O–H groups in total. The van der Waals surface area contributed by atoms with Crippen molar-refractivity contribution in [2.75, 3.05) is 7.11 Å². The minimum Gasteiger partial charge on any atom is -0.465 e. The Morgan fingerprint density at radius 3 is 2.85 bits per heavy atom. The van der Waals surface area contributed by atoms with Crippen molar-refractivity contribution < 1.29 is 9.53 Å². The molecule has 1 rings (SSSR count). The number of nitrogens with zero attached hydrogens (tertiary/aromatic N) is 1. The molecule has 0 saturated heterocycles. The summed E-state index contributed by atoms with van der Waals surface area (Å²) in [5.74, 6) is -0.488. The van der Waals surface area contributed by atoms with Gasteiger partial charge in [-0.3, -0.25) is 0 Å². The Labute approximate surface area is 89.2 Å². The first kappa shape index (κ1) is 10.5. The molecule has 0 aromatic carbocycles. The number of hydrogen-bond acceptors (Lipinski definition) is 3. The normalized spacial score (nSPS) is 9.85. The summed E-state index contributed by atoms with van der Waals surface area (Å²) in [6.45, 7) is 1.79. The second-order valence-corrected chi connectivity index (χ2v) is 3.60. The standard InChI is InChI=1S/C8H7BrClNO2/c1-4-6(9)3-5(7(10)11-4)8(12)13-2/h3H,1-2H3. The van der Waals surface area contributed by atoms with Gasteiger partial charge in [0, 0.05) is 4.47 Å². The Hall–Kier alpha value is -0.610. The predicted octanol–water partition coefficient (Wildman–Crippen LogP) is 2.59. The predicted molar refractivity (Wildman–Crippen MR) is 53.0 cm³/mol. The number of hydrogen-bond donors (Lipinski definition) is 0. The average molecular weight is 265 g/mol. The van der Waals surface area contributed by atoms with Crippen LogP contribution in [0.1, 0.15) is 16.1 Å². The Kier molecular flexibility index (Phi) is 3.27. The third kappa shape index (κ3) is 2.19. The van der Waals surface area contributed by atoms with E-state index in [9.17, 15) is 4.79 Å². The molecule has 0 saturated carbocycles. The molecule has 0 fully saturated rings. The van der Waals surface area contributed by atoms with Crippen LogP contribution in [0.2, 0.25) is 5.15 Å². The Morgan fingerprint density at radius 1 is 1.69 bits per heavy atom. The molecule has 1 heterocycles. The Morgan fingerprint density at radius 2 is 2.31 bits per heavy atom. The van der Waals surface area contributed by atoms with Crippen molar-refractivity contribution in [1.82, 2.24) is 4.98 Å². The second kappa shape index (κ2) is 4.07. The summed E-state index contributed by atoms with van der Waals surface area (Å²) in [6.07, 6.45) is 0. The van der Waals surface area contributed by atoms with Gasteiger partial charge in [0.15, 0.2) is 0 Å². The van der Waals surface area contributed by atoms with Crippen molar-refractivity contribution in [3.05, 3.63) is 26.9 Å². The van der Waals surface area contributed by atoms with Crippen LogP contribution in [0.25, 0.3) is 0 Å². The molecule has 0 unspecified atom stereocenters. The van der Waals surface area contributed by atoms with Crippen LogP contribution in [0, 0.1) is 6.92 Å². The van der Waals surface area contributed by atoms with Crippen LogP contribution in [0.15, 0.2) is 10.5 Å². The molecule has 0 atom stereocenters. The lowest BCUT2D eigenvalue weighted by Gasteiger charge is -2.03. The number of pyridine rings is 1. The van der Waals surface area contributed by atoms with Gasteiger partial charge < -0.3 is 4.74 Å². The van der Waals surface area contributed by atoms with Gasteiger partial charge in [0.2, 0.25) is 0 Å². The van der Waals surface area contributed by atoms with E-state index in [-0.39, 0.29) is 10.7 Å². The fourth-order valence-corrected chi connectivity index (χ4v) is 1.38. The van der Waals surface area contributed by atoms with Crippen molar-refractivity contribution in [3.8, 4) is 0 Å². The monoisotopic (exact) mass is 263 g/mol. The van der Waals surface area contributed by atoms with Crippen molar-refractivity contribution in [1.29, 1.82) is 0 Å². The summed E-state index contributed by atoms with van der Waals surface area (Å²) < 4.78 is 5.26. The first-order chi connectivity index (χ1) is 6.06. The van der Waals surface area contributed by atoms with Gasteiger partial charge in [-0.25, -0.2) is 9.78 Å². The SMILES string of the molecule is COC(=O)c1cc(Br)c(C)nc1Cl. The van der Waals surface area contributed by atoms with Crippen LogP contribution in [-0.4, -0.2) is 18.1 Å². The summed E-state index contributed by atoms with van der Waals surface area (Å²) in [5.41, 5.74) is 0.999. The number of carbonyl (C=O) groups is 1. The molecule has 0 aliphatic rings. The number of aromatic nitrogens is 1. The van der Waals surface area contributed by atoms with Crippen LogP contribution < -0.4 is 0 Å². The lowest BCUT2D eigenvalue weighted by atomic mass is 10.2. The highest BCUT2D eigenvalue weighted by molar-refractivity contribution is 9.10. The smallest absolute Gasteiger partial charge is 0.341 e. The Balaban J connectivity index is 3.23. The minimum atomic E-state index is -0.488.